The van der Waals surface area contributed by atoms with E-state index in [-0.39, 0.29) is 0 Å². The predicted octanol–water partition coefficient (Wildman–Crippen LogP) is 3.30. The van der Waals surface area contributed by atoms with Gasteiger partial charge in [0.25, 0.3) is 0 Å². The van der Waals surface area contributed by atoms with Crippen molar-refractivity contribution >= 4 is 5.90 Å². The first kappa shape index (κ1) is 19.5. The highest BCUT2D eigenvalue weighted by Crippen LogP contribution is 2.32. The van der Waals surface area contributed by atoms with Crippen LogP contribution in [0.2, 0.25) is 0 Å². The molecule has 0 atom stereocenters. The van der Waals surface area contributed by atoms with E-state index in [1.165, 1.54) is 42.8 Å². The SMILES string of the molecule is C=C(CN1CCC(CCc2cccc3c2OCC3)CC1)/C(=N\C=C/N)OC. The summed E-state index contributed by atoms with van der Waals surface area (Å²) in [6, 6.07) is 6.59. The van der Waals surface area contributed by atoms with Crippen LogP contribution in [0.15, 0.2) is 47.7 Å². The summed E-state index contributed by atoms with van der Waals surface area (Å²) in [6.07, 6.45) is 8.79. The van der Waals surface area contributed by atoms with Crippen molar-refractivity contribution in [1.29, 1.82) is 0 Å². The van der Waals surface area contributed by atoms with E-state index in [9.17, 15) is 0 Å². The Morgan fingerprint density at radius 1 is 1.41 bits per heavy atom. The summed E-state index contributed by atoms with van der Waals surface area (Å²) in [5.74, 6) is 2.49. The van der Waals surface area contributed by atoms with E-state index in [0.29, 0.717) is 5.90 Å². The Hall–Kier alpha value is -2.27. The van der Waals surface area contributed by atoms with E-state index in [2.05, 4.69) is 34.7 Å². The van der Waals surface area contributed by atoms with Crippen molar-refractivity contribution in [3.8, 4) is 5.75 Å². The lowest BCUT2D eigenvalue weighted by Gasteiger charge is -2.32. The monoisotopic (exact) mass is 369 g/mol. The molecule has 0 aliphatic carbocycles. The van der Waals surface area contributed by atoms with Crippen LogP contribution in [-0.4, -0.2) is 44.1 Å². The Morgan fingerprint density at radius 3 is 2.96 bits per heavy atom. The molecule has 27 heavy (non-hydrogen) atoms. The minimum absolute atomic E-state index is 0.553. The van der Waals surface area contributed by atoms with Crippen LogP contribution in [0.3, 0.4) is 0 Å². The van der Waals surface area contributed by atoms with Gasteiger partial charge < -0.3 is 15.2 Å². The molecule has 0 bridgehead atoms. The van der Waals surface area contributed by atoms with Crippen LogP contribution < -0.4 is 10.5 Å². The van der Waals surface area contributed by atoms with Crippen molar-refractivity contribution in [2.75, 3.05) is 33.4 Å². The summed E-state index contributed by atoms with van der Waals surface area (Å²) in [5, 5.41) is 0. The van der Waals surface area contributed by atoms with Crippen LogP contribution in [0.5, 0.6) is 5.75 Å². The number of aliphatic imine (C=N–C) groups is 1. The highest BCUT2D eigenvalue weighted by Gasteiger charge is 2.22. The van der Waals surface area contributed by atoms with Crippen molar-refractivity contribution in [3.05, 3.63) is 53.9 Å². The molecular formula is C22H31N3O2. The molecule has 3 rings (SSSR count). The Balaban J connectivity index is 1.44. The van der Waals surface area contributed by atoms with Crippen molar-refractivity contribution in [2.24, 2.45) is 16.6 Å². The molecule has 1 aromatic rings. The van der Waals surface area contributed by atoms with Crippen LogP contribution in [0, 0.1) is 5.92 Å². The average molecular weight is 370 g/mol. The minimum Gasteiger partial charge on any atom is -0.493 e. The molecule has 2 aliphatic rings. The van der Waals surface area contributed by atoms with E-state index in [4.69, 9.17) is 15.2 Å². The fourth-order valence-electron chi connectivity index (χ4n) is 4.01. The van der Waals surface area contributed by atoms with E-state index in [1.807, 2.05) is 0 Å². The fraction of sp³-hybridized carbons (Fsp3) is 0.500. The number of hydrogen-bond acceptors (Lipinski definition) is 5. The lowest BCUT2D eigenvalue weighted by atomic mass is 9.90. The molecule has 5 nitrogen and oxygen atoms in total. The molecule has 0 unspecified atom stereocenters. The van der Waals surface area contributed by atoms with Crippen LogP contribution in [0.4, 0.5) is 0 Å². The maximum absolute atomic E-state index is 5.84. The molecule has 2 heterocycles. The molecule has 0 saturated carbocycles. The van der Waals surface area contributed by atoms with Crippen molar-refractivity contribution in [1.82, 2.24) is 4.90 Å². The van der Waals surface area contributed by atoms with Gasteiger partial charge in [0.2, 0.25) is 5.90 Å². The quantitative estimate of drug-likeness (QED) is 0.592. The number of rotatable bonds is 7. The van der Waals surface area contributed by atoms with Crippen LogP contribution >= 0.6 is 0 Å². The fourth-order valence-corrected chi connectivity index (χ4v) is 4.01. The smallest absolute Gasteiger partial charge is 0.216 e. The molecule has 0 amide bonds. The van der Waals surface area contributed by atoms with Gasteiger partial charge in [0.05, 0.1) is 13.7 Å². The molecule has 2 N–H and O–H groups in total. The second kappa shape index (κ2) is 9.60. The zero-order valence-corrected chi connectivity index (χ0v) is 16.3. The largest absolute Gasteiger partial charge is 0.493 e. The molecule has 5 heteroatoms. The van der Waals surface area contributed by atoms with Gasteiger partial charge in [-0.15, -0.1) is 0 Å². The molecule has 1 aromatic carbocycles. The lowest BCUT2D eigenvalue weighted by molar-refractivity contribution is 0.192. The second-order valence-corrected chi connectivity index (χ2v) is 7.35. The summed E-state index contributed by atoms with van der Waals surface area (Å²) in [4.78, 5) is 6.62. The molecule has 0 spiro atoms. The average Bonchev–Trinajstić information content (AvgIpc) is 3.17. The number of benzene rings is 1. The third kappa shape index (κ3) is 5.13. The standard InChI is InChI=1S/C22H31N3O2/c1-17(22(26-2)24-12-11-23)16-25-13-8-18(9-14-25)6-7-19-4-3-5-20-10-15-27-21(19)20/h3-5,11-12,18H,1,6-10,13-16,23H2,2H3/b12-11-,24-22+. The second-order valence-electron chi connectivity index (χ2n) is 7.35. The number of hydrogen-bond donors (Lipinski definition) is 1. The highest BCUT2D eigenvalue weighted by molar-refractivity contribution is 5.93. The normalized spacial score (nSPS) is 18.5. The van der Waals surface area contributed by atoms with Gasteiger partial charge in [0, 0.05) is 30.9 Å². The van der Waals surface area contributed by atoms with E-state index < -0.39 is 0 Å². The number of para-hydroxylation sites is 1. The highest BCUT2D eigenvalue weighted by atomic mass is 16.5. The van der Waals surface area contributed by atoms with E-state index >= 15 is 0 Å². The zero-order chi connectivity index (χ0) is 19.1. The number of likely N-dealkylation sites (tertiary alicyclic amines) is 1. The van der Waals surface area contributed by atoms with Crippen LogP contribution in [-0.2, 0) is 17.6 Å². The number of nitrogens with zero attached hydrogens (tertiary/aromatic N) is 2. The van der Waals surface area contributed by atoms with Crippen LogP contribution in [0.25, 0.3) is 0 Å². The minimum atomic E-state index is 0.553. The number of methoxy groups -OCH3 is 1. The Bertz CT molecular complexity index is 704. The molecule has 2 aliphatic heterocycles. The first-order valence-electron chi connectivity index (χ1n) is 9.84. The van der Waals surface area contributed by atoms with Gasteiger partial charge in [-0.05, 0) is 55.8 Å². The maximum atomic E-state index is 5.84. The number of piperidine rings is 1. The molecular weight excluding hydrogens is 338 g/mol. The predicted molar refractivity (Wildman–Crippen MR) is 110 cm³/mol. The van der Waals surface area contributed by atoms with Crippen molar-refractivity contribution in [2.45, 2.75) is 32.1 Å². The Morgan fingerprint density at radius 2 is 2.22 bits per heavy atom. The summed E-state index contributed by atoms with van der Waals surface area (Å²) < 4.78 is 11.1. The molecule has 0 aromatic heterocycles. The van der Waals surface area contributed by atoms with E-state index in [1.54, 1.807) is 7.11 Å². The van der Waals surface area contributed by atoms with Gasteiger partial charge >= 0.3 is 0 Å². The van der Waals surface area contributed by atoms with Gasteiger partial charge in [-0.1, -0.05) is 24.8 Å². The number of nitrogens with two attached hydrogens (primary N) is 1. The first-order chi connectivity index (χ1) is 13.2. The van der Waals surface area contributed by atoms with Gasteiger partial charge in [-0.25, -0.2) is 4.99 Å². The summed E-state index contributed by atoms with van der Waals surface area (Å²) >= 11 is 0. The van der Waals surface area contributed by atoms with Crippen LogP contribution in [0.1, 0.15) is 30.4 Å². The molecule has 1 saturated heterocycles. The third-order valence-electron chi connectivity index (χ3n) is 5.51. The number of fused-ring (bicyclic) bond motifs is 1. The molecule has 0 radical (unpaired) electrons. The Labute approximate surface area is 162 Å². The van der Waals surface area contributed by atoms with Gasteiger partial charge in [0.15, 0.2) is 0 Å². The molecule has 146 valence electrons. The van der Waals surface area contributed by atoms with Crippen molar-refractivity contribution < 1.29 is 9.47 Å². The Kier molecular flexibility index (Phi) is 6.93. The summed E-state index contributed by atoms with van der Waals surface area (Å²) in [5.41, 5.74) is 8.99. The van der Waals surface area contributed by atoms with Gasteiger partial charge in [0.1, 0.15) is 5.75 Å². The zero-order valence-electron chi connectivity index (χ0n) is 16.3. The summed E-state index contributed by atoms with van der Waals surface area (Å²) in [6.45, 7) is 7.93. The third-order valence-corrected chi connectivity index (χ3v) is 5.51. The molecule has 1 fully saturated rings. The topological polar surface area (TPSA) is 60.1 Å². The summed E-state index contributed by atoms with van der Waals surface area (Å²) in [7, 11) is 1.62. The maximum Gasteiger partial charge on any atom is 0.216 e. The van der Waals surface area contributed by atoms with Gasteiger partial charge in [-0.2, -0.15) is 0 Å². The number of ether oxygens (including phenoxy) is 2. The van der Waals surface area contributed by atoms with Crippen molar-refractivity contribution in [3.63, 3.8) is 0 Å². The lowest BCUT2D eigenvalue weighted by Crippen LogP contribution is -2.36. The van der Waals surface area contributed by atoms with E-state index in [0.717, 1.165) is 56.3 Å². The number of aryl methyl sites for hydroxylation is 1. The first-order valence-corrected chi connectivity index (χ1v) is 9.84. The van der Waals surface area contributed by atoms with Gasteiger partial charge in [-0.3, -0.25) is 4.90 Å².